The Labute approximate surface area is 256 Å². The number of ether oxygens (including phenoxy) is 2. The number of rotatable bonds is 11. The minimum Gasteiger partial charge on any atom is -0.497 e. The summed E-state index contributed by atoms with van der Waals surface area (Å²) < 4.78 is 14.6. The first-order valence-electron chi connectivity index (χ1n) is 15.3. The van der Waals surface area contributed by atoms with Crippen molar-refractivity contribution in [3.63, 3.8) is 0 Å². The van der Waals surface area contributed by atoms with Crippen molar-refractivity contribution < 1.29 is 14.3 Å². The lowest BCUT2D eigenvalue weighted by molar-refractivity contribution is -0.132. The summed E-state index contributed by atoms with van der Waals surface area (Å²) in [5.74, 6) is 2.00. The number of carbonyl (C=O) groups excluding carboxylic acids is 1. The third kappa shape index (κ3) is 6.13. The van der Waals surface area contributed by atoms with Gasteiger partial charge < -0.3 is 29.7 Å². The molecule has 1 fully saturated rings. The Bertz CT molecular complexity index is 1800. The number of likely N-dealkylation sites (tertiary alicyclic amines) is 1. The number of nitrogens with zero attached hydrogens (tertiary/aromatic N) is 4. The predicted molar refractivity (Wildman–Crippen MR) is 172 cm³/mol. The van der Waals surface area contributed by atoms with Crippen molar-refractivity contribution in [2.24, 2.45) is 5.73 Å². The summed E-state index contributed by atoms with van der Waals surface area (Å²) in [6.07, 6.45) is 3.69. The first kappa shape index (κ1) is 29.7. The molecular weight excluding hydrogens is 556 g/mol. The summed E-state index contributed by atoms with van der Waals surface area (Å²) in [4.78, 5) is 36.0. The monoisotopic (exact) mass is 596 g/mol. The average molecular weight is 597 g/mol. The van der Waals surface area contributed by atoms with Crippen molar-refractivity contribution in [1.82, 2.24) is 24.0 Å². The van der Waals surface area contributed by atoms with Crippen LogP contribution in [0.3, 0.4) is 0 Å². The molecule has 0 radical (unpaired) electrons. The van der Waals surface area contributed by atoms with Gasteiger partial charge >= 0.3 is 5.69 Å². The van der Waals surface area contributed by atoms with Gasteiger partial charge in [0.1, 0.15) is 11.6 Å². The van der Waals surface area contributed by atoms with Crippen LogP contribution >= 0.6 is 0 Å². The number of para-hydroxylation sites is 2. The number of aromatic amines is 1. The van der Waals surface area contributed by atoms with Crippen LogP contribution in [0, 0.1) is 0 Å². The Balaban J connectivity index is 1.10. The molecular formula is C34H40N6O4. The number of aryl methyl sites for hydroxylation is 1. The van der Waals surface area contributed by atoms with Crippen LogP contribution in [-0.2, 0) is 22.5 Å². The SMILES string of the molecule is COCCCn1c([C@@H]2CCCN(C(=O)C[C@H](N)Cc3ccc(-n4c(=O)[nH]c5ccc(OC)cc54)cc3)C2)nc2ccccc21. The normalized spacial score (nSPS) is 16.1. The summed E-state index contributed by atoms with van der Waals surface area (Å²) in [5, 5.41) is 0. The van der Waals surface area contributed by atoms with Gasteiger partial charge in [-0.1, -0.05) is 24.3 Å². The third-order valence-electron chi connectivity index (χ3n) is 8.57. The zero-order valence-corrected chi connectivity index (χ0v) is 25.4. The van der Waals surface area contributed by atoms with Crippen molar-refractivity contribution in [2.45, 2.75) is 50.6 Å². The van der Waals surface area contributed by atoms with Crippen LogP contribution in [0.5, 0.6) is 5.75 Å². The number of carbonyl (C=O) groups is 1. The van der Waals surface area contributed by atoms with E-state index >= 15 is 0 Å². The third-order valence-corrected chi connectivity index (χ3v) is 8.57. The van der Waals surface area contributed by atoms with E-state index in [4.69, 9.17) is 20.2 Å². The van der Waals surface area contributed by atoms with E-state index in [1.165, 1.54) is 0 Å². The van der Waals surface area contributed by atoms with Crippen LogP contribution in [-0.4, -0.2) is 69.9 Å². The highest BCUT2D eigenvalue weighted by Crippen LogP contribution is 2.30. The Morgan fingerprint density at radius 3 is 2.70 bits per heavy atom. The number of methoxy groups -OCH3 is 2. The number of imidazole rings is 2. The molecule has 2 atom stereocenters. The van der Waals surface area contributed by atoms with E-state index in [-0.39, 0.29) is 30.0 Å². The van der Waals surface area contributed by atoms with Crippen molar-refractivity contribution >= 4 is 28.0 Å². The van der Waals surface area contributed by atoms with Crippen LogP contribution in [0.25, 0.3) is 27.8 Å². The van der Waals surface area contributed by atoms with Crippen molar-refractivity contribution in [3.8, 4) is 11.4 Å². The lowest BCUT2D eigenvalue weighted by Gasteiger charge is -2.33. The maximum absolute atomic E-state index is 13.4. The maximum atomic E-state index is 13.4. The van der Waals surface area contributed by atoms with Gasteiger partial charge in [-0.2, -0.15) is 0 Å². The van der Waals surface area contributed by atoms with Crippen LogP contribution < -0.4 is 16.2 Å². The van der Waals surface area contributed by atoms with Gasteiger partial charge in [0.05, 0.1) is 34.9 Å². The van der Waals surface area contributed by atoms with Gasteiger partial charge in [0.25, 0.3) is 0 Å². The molecule has 10 heteroatoms. The molecule has 3 heterocycles. The predicted octanol–water partition coefficient (Wildman–Crippen LogP) is 4.38. The van der Waals surface area contributed by atoms with E-state index < -0.39 is 0 Å². The number of hydrogen-bond acceptors (Lipinski definition) is 6. The highest BCUT2D eigenvalue weighted by molar-refractivity contribution is 5.79. The molecule has 1 aliphatic heterocycles. The molecule has 6 rings (SSSR count). The van der Waals surface area contributed by atoms with E-state index in [2.05, 4.69) is 21.7 Å². The zero-order chi connectivity index (χ0) is 30.6. The van der Waals surface area contributed by atoms with Gasteiger partial charge in [-0.3, -0.25) is 9.36 Å². The fourth-order valence-corrected chi connectivity index (χ4v) is 6.40. The van der Waals surface area contributed by atoms with Gasteiger partial charge in [-0.25, -0.2) is 9.78 Å². The van der Waals surface area contributed by atoms with Crippen LogP contribution in [0.2, 0.25) is 0 Å². The first-order chi connectivity index (χ1) is 21.4. The first-order valence-corrected chi connectivity index (χ1v) is 15.3. The Morgan fingerprint density at radius 2 is 1.91 bits per heavy atom. The number of fused-ring (bicyclic) bond motifs is 2. The highest BCUT2D eigenvalue weighted by Gasteiger charge is 2.29. The number of amides is 1. The lowest BCUT2D eigenvalue weighted by atomic mass is 9.96. The van der Waals surface area contributed by atoms with Crippen LogP contribution in [0.15, 0.2) is 71.5 Å². The molecule has 0 spiro atoms. The minimum atomic E-state index is -0.313. The highest BCUT2D eigenvalue weighted by atomic mass is 16.5. The number of piperidine rings is 1. The second kappa shape index (κ2) is 13.1. The Hall–Kier alpha value is -4.41. The second-order valence-electron chi connectivity index (χ2n) is 11.6. The van der Waals surface area contributed by atoms with Gasteiger partial charge in [0, 0.05) is 57.8 Å². The van der Waals surface area contributed by atoms with Gasteiger partial charge in [-0.05, 0) is 67.6 Å². The molecule has 2 aromatic heterocycles. The summed E-state index contributed by atoms with van der Waals surface area (Å²) in [7, 11) is 3.33. The molecule has 230 valence electrons. The van der Waals surface area contributed by atoms with E-state index in [9.17, 15) is 9.59 Å². The molecule has 44 heavy (non-hydrogen) atoms. The van der Waals surface area contributed by atoms with Crippen molar-refractivity contribution in [3.05, 3.63) is 88.6 Å². The Kier molecular flexibility index (Phi) is 8.81. The van der Waals surface area contributed by atoms with E-state index in [1.54, 1.807) is 18.8 Å². The zero-order valence-electron chi connectivity index (χ0n) is 25.4. The van der Waals surface area contributed by atoms with Gasteiger partial charge in [-0.15, -0.1) is 0 Å². The molecule has 3 N–H and O–H groups in total. The summed E-state index contributed by atoms with van der Waals surface area (Å²) in [5.41, 5.74) is 11.7. The number of nitrogens with two attached hydrogens (primary N) is 1. The van der Waals surface area contributed by atoms with E-state index in [0.717, 1.165) is 71.5 Å². The number of H-pyrrole nitrogens is 1. The quantitative estimate of drug-likeness (QED) is 0.219. The fraction of sp³-hybridized carbons (Fsp3) is 0.382. The van der Waals surface area contributed by atoms with Gasteiger partial charge in [0.15, 0.2) is 0 Å². The standard InChI is InChI=1S/C34H40N6O4/c1-43-18-6-17-39-30-9-4-3-8-28(30)36-33(39)24-7-5-16-38(22-24)32(41)20-25(35)19-23-10-12-26(13-11-23)40-31-21-27(44-2)14-15-29(31)37-34(40)42/h3-4,8-15,21,24-25H,5-7,16-20,22,35H2,1-2H3,(H,37,42)/t24-,25-/m1/s1. The summed E-state index contributed by atoms with van der Waals surface area (Å²) in [6.45, 7) is 2.92. The number of nitrogens with one attached hydrogen (secondary N) is 1. The minimum absolute atomic E-state index is 0.0835. The van der Waals surface area contributed by atoms with Crippen LogP contribution in [0.1, 0.15) is 43.0 Å². The van der Waals surface area contributed by atoms with Crippen molar-refractivity contribution in [2.75, 3.05) is 33.9 Å². The molecule has 0 saturated carbocycles. The molecule has 0 aliphatic carbocycles. The van der Waals surface area contributed by atoms with E-state index in [0.29, 0.717) is 25.3 Å². The number of aromatic nitrogens is 4. The topological polar surface area (TPSA) is 120 Å². The number of hydrogen-bond donors (Lipinski definition) is 2. The Morgan fingerprint density at radius 1 is 1.09 bits per heavy atom. The molecule has 3 aromatic carbocycles. The fourth-order valence-electron chi connectivity index (χ4n) is 6.40. The molecule has 1 saturated heterocycles. The molecule has 1 aliphatic rings. The van der Waals surface area contributed by atoms with Crippen LogP contribution in [0.4, 0.5) is 0 Å². The molecule has 1 amide bonds. The summed E-state index contributed by atoms with van der Waals surface area (Å²) >= 11 is 0. The largest absolute Gasteiger partial charge is 0.497 e. The molecule has 0 unspecified atom stereocenters. The van der Waals surface area contributed by atoms with Crippen molar-refractivity contribution in [1.29, 1.82) is 0 Å². The number of benzene rings is 3. The lowest BCUT2D eigenvalue weighted by Crippen LogP contribution is -2.42. The average Bonchev–Trinajstić information content (AvgIpc) is 3.58. The van der Waals surface area contributed by atoms with Gasteiger partial charge in [0.2, 0.25) is 5.91 Å². The van der Waals surface area contributed by atoms with E-state index in [1.807, 2.05) is 59.5 Å². The smallest absolute Gasteiger partial charge is 0.331 e. The molecule has 10 nitrogen and oxygen atoms in total. The summed E-state index contributed by atoms with van der Waals surface area (Å²) in [6, 6.07) is 21.2. The molecule has 0 bridgehead atoms. The maximum Gasteiger partial charge on any atom is 0.331 e. The second-order valence-corrected chi connectivity index (χ2v) is 11.6. The molecule has 5 aromatic rings.